The average Bonchev–Trinajstić information content (AvgIpc) is 2.50. The molecule has 0 unspecified atom stereocenters. The predicted octanol–water partition coefficient (Wildman–Crippen LogP) is 3.58. The van der Waals surface area contributed by atoms with Gasteiger partial charge < -0.3 is 9.64 Å². The molecule has 2 aromatic rings. The number of methoxy groups -OCH3 is 1. The lowest BCUT2D eigenvalue weighted by Crippen LogP contribution is -2.36. The van der Waals surface area contributed by atoms with Gasteiger partial charge in [-0.1, -0.05) is 44.2 Å². The number of rotatable bonds is 6. The standard InChI is InChI=1S/C18H23NO2/c1-14(2)13-19(10-11-21-3)18(20)17-9-8-15-6-4-5-7-16(15)12-17/h4-9,12,14H,10-11,13H2,1-3H3. The van der Waals surface area contributed by atoms with Crippen LogP contribution in [0.2, 0.25) is 0 Å². The Labute approximate surface area is 126 Å². The Hall–Kier alpha value is -1.87. The van der Waals surface area contributed by atoms with Gasteiger partial charge in [0, 0.05) is 25.8 Å². The second-order valence-electron chi connectivity index (χ2n) is 5.70. The van der Waals surface area contributed by atoms with Crippen molar-refractivity contribution in [2.75, 3.05) is 26.8 Å². The van der Waals surface area contributed by atoms with Gasteiger partial charge in [0.25, 0.3) is 5.91 Å². The van der Waals surface area contributed by atoms with Crippen LogP contribution in [0.5, 0.6) is 0 Å². The van der Waals surface area contributed by atoms with Gasteiger partial charge in [-0.2, -0.15) is 0 Å². The Balaban J connectivity index is 2.24. The number of nitrogens with zero attached hydrogens (tertiary/aromatic N) is 1. The maximum Gasteiger partial charge on any atom is 0.253 e. The van der Waals surface area contributed by atoms with Crippen molar-refractivity contribution in [3.8, 4) is 0 Å². The molecule has 0 radical (unpaired) electrons. The number of fused-ring (bicyclic) bond motifs is 1. The highest BCUT2D eigenvalue weighted by molar-refractivity contribution is 5.98. The number of hydrogen-bond acceptors (Lipinski definition) is 2. The van der Waals surface area contributed by atoms with Gasteiger partial charge in [0.05, 0.1) is 6.61 Å². The van der Waals surface area contributed by atoms with Crippen LogP contribution in [0.15, 0.2) is 42.5 Å². The molecule has 0 heterocycles. The first-order valence-corrected chi connectivity index (χ1v) is 7.39. The van der Waals surface area contributed by atoms with Crippen LogP contribution in [-0.4, -0.2) is 37.6 Å². The summed E-state index contributed by atoms with van der Waals surface area (Å²) in [5.41, 5.74) is 0.741. The SMILES string of the molecule is COCCN(CC(C)C)C(=O)c1ccc2ccccc2c1. The summed E-state index contributed by atoms with van der Waals surface area (Å²) in [6.45, 7) is 6.17. The van der Waals surface area contributed by atoms with E-state index in [1.807, 2.05) is 41.3 Å². The van der Waals surface area contributed by atoms with E-state index < -0.39 is 0 Å². The van der Waals surface area contributed by atoms with E-state index >= 15 is 0 Å². The van der Waals surface area contributed by atoms with Gasteiger partial charge in [0.1, 0.15) is 0 Å². The van der Waals surface area contributed by atoms with Crippen molar-refractivity contribution >= 4 is 16.7 Å². The molecular formula is C18H23NO2. The summed E-state index contributed by atoms with van der Waals surface area (Å²) in [6, 6.07) is 14.0. The van der Waals surface area contributed by atoms with Crippen LogP contribution in [0.1, 0.15) is 24.2 Å². The molecule has 0 saturated carbocycles. The van der Waals surface area contributed by atoms with Gasteiger partial charge in [-0.05, 0) is 28.8 Å². The van der Waals surface area contributed by atoms with Crippen LogP contribution < -0.4 is 0 Å². The minimum Gasteiger partial charge on any atom is -0.383 e. The van der Waals surface area contributed by atoms with Crippen molar-refractivity contribution in [3.05, 3.63) is 48.0 Å². The number of ether oxygens (including phenoxy) is 1. The number of hydrogen-bond donors (Lipinski definition) is 0. The van der Waals surface area contributed by atoms with Crippen molar-refractivity contribution < 1.29 is 9.53 Å². The topological polar surface area (TPSA) is 29.5 Å². The first kappa shape index (κ1) is 15.5. The zero-order chi connectivity index (χ0) is 15.2. The summed E-state index contributed by atoms with van der Waals surface area (Å²) in [6.07, 6.45) is 0. The zero-order valence-corrected chi connectivity index (χ0v) is 13.0. The van der Waals surface area contributed by atoms with E-state index in [1.54, 1.807) is 7.11 Å². The first-order chi connectivity index (χ1) is 10.1. The van der Waals surface area contributed by atoms with Crippen LogP contribution in [0.25, 0.3) is 10.8 Å². The molecule has 1 amide bonds. The number of carbonyl (C=O) groups is 1. The number of carbonyl (C=O) groups excluding carboxylic acids is 1. The Morgan fingerprint density at radius 1 is 1.14 bits per heavy atom. The Morgan fingerprint density at radius 3 is 2.52 bits per heavy atom. The first-order valence-electron chi connectivity index (χ1n) is 7.39. The van der Waals surface area contributed by atoms with Crippen molar-refractivity contribution in [2.45, 2.75) is 13.8 Å². The summed E-state index contributed by atoms with van der Waals surface area (Å²) in [5, 5.41) is 2.25. The summed E-state index contributed by atoms with van der Waals surface area (Å²) in [7, 11) is 1.66. The summed E-state index contributed by atoms with van der Waals surface area (Å²) in [4.78, 5) is 14.6. The number of benzene rings is 2. The van der Waals surface area contributed by atoms with Crippen LogP contribution >= 0.6 is 0 Å². The lowest BCUT2D eigenvalue weighted by atomic mass is 10.1. The van der Waals surface area contributed by atoms with Crippen molar-refractivity contribution in [2.24, 2.45) is 5.92 Å². The fraction of sp³-hybridized carbons (Fsp3) is 0.389. The quantitative estimate of drug-likeness (QED) is 0.812. The summed E-state index contributed by atoms with van der Waals surface area (Å²) in [5.74, 6) is 0.512. The van der Waals surface area contributed by atoms with Gasteiger partial charge in [-0.3, -0.25) is 4.79 Å². The van der Waals surface area contributed by atoms with Crippen LogP contribution in [-0.2, 0) is 4.74 Å². The highest BCUT2D eigenvalue weighted by Gasteiger charge is 2.16. The summed E-state index contributed by atoms with van der Waals surface area (Å²) >= 11 is 0. The minimum absolute atomic E-state index is 0.0755. The van der Waals surface area contributed by atoms with Crippen LogP contribution in [0, 0.1) is 5.92 Å². The molecular weight excluding hydrogens is 262 g/mol. The fourth-order valence-electron chi connectivity index (χ4n) is 2.42. The fourth-order valence-corrected chi connectivity index (χ4v) is 2.42. The third-order valence-corrected chi connectivity index (χ3v) is 3.43. The summed E-state index contributed by atoms with van der Waals surface area (Å²) < 4.78 is 5.12. The Morgan fingerprint density at radius 2 is 1.86 bits per heavy atom. The normalized spacial score (nSPS) is 11.0. The lowest BCUT2D eigenvalue weighted by Gasteiger charge is -2.24. The highest BCUT2D eigenvalue weighted by Crippen LogP contribution is 2.17. The van der Waals surface area contributed by atoms with E-state index in [4.69, 9.17) is 4.74 Å². The molecule has 0 atom stereocenters. The van der Waals surface area contributed by atoms with Crippen LogP contribution in [0.4, 0.5) is 0 Å². The molecule has 0 bridgehead atoms. The third-order valence-electron chi connectivity index (χ3n) is 3.43. The predicted molar refractivity (Wildman–Crippen MR) is 86.6 cm³/mol. The van der Waals surface area contributed by atoms with E-state index in [9.17, 15) is 4.79 Å². The van der Waals surface area contributed by atoms with E-state index in [-0.39, 0.29) is 5.91 Å². The van der Waals surface area contributed by atoms with Gasteiger partial charge in [0.15, 0.2) is 0 Å². The molecule has 0 aromatic heterocycles. The number of amides is 1. The molecule has 0 aliphatic rings. The van der Waals surface area contributed by atoms with Gasteiger partial charge in [-0.15, -0.1) is 0 Å². The Bertz CT molecular complexity index is 607. The van der Waals surface area contributed by atoms with Gasteiger partial charge >= 0.3 is 0 Å². The minimum atomic E-state index is 0.0755. The molecule has 0 saturated heterocycles. The van der Waals surface area contributed by atoms with E-state index in [0.717, 1.165) is 22.9 Å². The maximum absolute atomic E-state index is 12.7. The van der Waals surface area contributed by atoms with Gasteiger partial charge in [0.2, 0.25) is 0 Å². The molecule has 112 valence electrons. The molecule has 0 aliphatic heterocycles. The molecule has 3 nitrogen and oxygen atoms in total. The maximum atomic E-state index is 12.7. The molecule has 2 rings (SSSR count). The third kappa shape index (κ3) is 4.05. The molecule has 0 N–H and O–H groups in total. The Kier molecular flexibility index (Phi) is 5.34. The molecule has 0 aliphatic carbocycles. The van der Waals surface area contributed by atoms with Crippen molar-refractivity contribution in [3.63, 3.8) is 0 Å². The second-order valence-corrected chi connectivity index (χ2v) is 5.70. The molecule has 0 fully saturated rings. The van der Waals surface area contributed by atoms with Crippen molar-refractivity contribution in [1.29, 1.82) is 0 Å². The van der Waals surface area contributed by atoms with E-state index in [2.05, 4.69) is 19.9 Å². The zero-order valence-electron chi connectivity index (χ0n) is 13.0. The smallest absolute Gasteiger partial charge is 0.253 e. The van der Waals surface area contributed by atoms with E-state index in [1.165, 1.54) is 0 Å². The molecule has 0 spiro atoms. The monoisotopic (exact) mass is 285 g/mol. The molecule has 21 heavy (non-hydrogen) atoms. The van der Waals surface area contributed by atoms with Crippen molar-refractivity contribution in [1.82, 2.24) is 4.90 Å². The average molecular weight is 285 g/mol. The van der Waals surface area contributed by atoms with Gasteiger partial charge in [-0.25, -0.2) is 0 Å². The molecule has 2 aromatic carbocycles. The van der Waals surface area contributed by atoms with Crippen LogP contribution in [0.3, 0.4) is 0 Å². The largest absolute Gasteiger partial charge is 0.383 e. The second kappa shape index (κ2) is 7.23. The highest BCUT2D eigenvalue weighted by atomic mass is 16.5. The van der Waals surface area contributed by atoms with E-state index in [0.29, 0.717) is 19.1 Å². The lowest BCUT2D eigenvalue weighted by molar-refractivity contribution is 0.0672. The molecule has 3 heteroatoms.